The van der Waals surface area contributed by atoms with E-state index in [0.717, 1.165) is 5.56 Å². The van der Waals surface area contributed by atoms with Crippen LogP contribution in [0.1, 0.15) is 30.9 Å². The number of methoxy groups -OCH3 is 1. The molecule has 2 rings (SSSR count). The highest BCUT2D eigenvalue weighted by molar-refractivity contribution is 7.92. The minimum atomic E-state index is -3.70. The zero-order valence-electron chi connectivity index (χ0n) is 13.6. The molecular weight excluding hydrogens is 334 g/mol. The molecule has 2 aromatic rings. The molecule has 0 bridgehead atoms. The second kappa shape index (κ2) is 6.81. The lowest BCUT2D eigenvalue weighted by Crippen LogP contribution is -2.14. The topological polar surface area (TPSA) is 55.4 Å². The second-order valence-corrected chi connectivity index (χ2v) is 7.67. The van der Waals surface area contributed by atoms with E-state index in [9.17, 15) is 8.42 Å². The van der Waals surface area contributed by atoms with Crippen molar-refractivity contribution in [3.05, 3.63) is 52.5 Å². The Morgan fingerprint density at radius 2 is 1.87 bits per heavy atom. The smallest absolute Gasteiger partial charge is 0.261 e. The molecule has 0 spiro atoms. The van der Waals surface area contributed by atoms with Gasteiger partial charge in [0.15, 0.2) is 0 Å². The third-order valence-corrected chi connectivity index (χ3v) is 5.42. The third-order valence-electron chi connectivity index (χ3n) is 3.65. The summed E-state index contributed by atoms with van der Waals surface area (Å²) in [7, 11) is -2.13. The van der Waals surface area contributed by atoms with Gasteiger partial charge in [0.25, 0.3) is 10.0 Å². The summed E-state index contributed by atoms with van der Waals surface area (Å²) in [6, 6.07) is 9.97. The highest BCUT2D eigenvalue weighted by Crippen LogP contribution is 2.30. The Balaban J connectivity index is 2.44. The number of nitrogens with one attached hydrogen (secondary N) is 1. The van der Waals surface area contributed by atoms with E-state index >= 15 is 0 Å². The van der Waals surface area contributed by atoms with Crippen LogP contribution in [0.4, 0.5) is 5.69 Å². The number of benzene rings is 2. The first kappa shape index (κ1) is 17.6. The SMILES string of the molecule is COc1ccc(S(=O)(=O)Nc2cccc(Cl)c2C)cc1C(C)C. The maximum Gasteiger partial charge on any atom is 0.261 e. The molecule has 0 atom stereocenters. The van der Waals surface area contributed by atoms with E-state index in [0.29, 0.717) is 22.0 Å². The Hall–Kier alpha value is -1.72. The van der Waals surface area contributed by atoms with Crippen molar-refractivity contribution in [2.45, 2.75) is 31.6 Å². The van der Waals surface area contributed by atoms with Crippen molar-refractivity contribution in [3.8, 4) is 5.75 Å². The van der Waals surface area contributed by atoms with E-state index in [2.05, 4.69) is 4.72 Å². The minimum Gasteiger partial charge on any atom is -0.496 e. The molecule has 0 heterocycles. The van der Waals surface area contributed by atoms with Crippen LogP contribution < -0.4 is 9.46 Å². The van der Waals surface area contributed by atoms with Crippen molar-refractivity contribution >= 4 is 27.3 Å². The lowest BCUT2D eigenvalue weighted by molar-refractivity contribution is 0.407. The molecule has 0 fully saturated rings. The molecule has 1 N–H and O–H groups in total. The molecule has 0 aromatic heterocycles. The van der Waals surface area contributed by atoms with Crippen LogP contribution in [-0.2, 0) is 10.0 Å². The van der Waals surface area contributed by atoms with E-state index in [1.54, 1.807) is 44.4 Å². The van der Waals surface area contributed by atoms with Crippen molar-refractivity contribution in [3.63, 3.8) is 0 Å². The Labute approximate surface area is 142 Å². The predicted molar refractivity (Wildman–Crippen MR) is 94.1 cm³/mol. The number of anilines is 1. The monoisotopic (exact) mass is 353 g/mol. The van der Waals surface area contributed by atoms with Gasteiger partial charge in [-0.3, -0.25) is 4.72 Å². The summed E-state index contributed by atoms with van der Waals surface area (Å²) in [5, 5.41) is 0.516. The fourth-order valence-corrected chi connectivity index (χ4v) is 3.58. The average Bonchev–Trinajstić information content (AvgIpc) is 2.51. The van der Waals surface area contributed by atoms with E-state index in [-0.39, 0.29) is 10.8 Å². The summed E-state index contributed by atoms with van der Waals surface area (Å²) in [4.78, 5) is 0.196. The number of halogens is 1. The molecule has 0 aliphatic carbocycles. The Morgan fingerprint density at radius 3 is 2.48 bits per heavy atom. The lowest BCUT2D eigenvalue weighted by atomic mass is 10.0. The lowest BCUT2D eigenvalue weighted by Gasteiger charge is -2.15. The summed E-state index contributed by atoms with van der Waals surface area (Å²) in [6.07, 6.45) is 0. The number of hydrogen-bond acceptors (Lipinski definition) is 3. The molecule has 2 aromatic carbocycles. The quantitative estimate of drug-likeness (QED) is 0.855. The fourth-order valence-electron chi connectivity index (χ4n) is 2.25. The predicted octanol–water partition coefficient (Wildman–Crippen LogP) is 4.58. The summed E-state index contributed by atoms with van der Waals surface area (Å²) in [5.74, 6) is 0.825. The first-order valence-electron chi connectivity index (χ1n) is 7.22. The zero-order valence-corrected chi connectivity index (χ0v) is 15.1. The van der Waals surface area contributed by atoms with Gasteiger partial charge in [-0.1, -0.05) is 31.5 Å². The standard InChI is InChI=1S/C17H20ClNO3S/c1-11(2)14-10-13(8-9-17(14)22-4)23(20,21)19-16-7-5-6-15(18)12(16)3/h5-11,19H,1-4H3. The van der Waals surface area contributed by atoms with Crippen molar-refractivity contribution in [2.24, 2.45) is 0 Å². The molecule has 0 unspecified atom stereocenters. The maximum absolute atomic E-state index is 12.6. The number of hydrogen-bond donors (Lipinski definition) is 1. The van der Waals surface area contributed by atoms with Crippen molar-refractivity contribution in [2.75, 3.05) is 11.8 Å². The largest absolute Gasteiger partial charge is 0.496 e. The van der Waals surface area contributed by atoms with Gasteiger partial charge >= 0.3 is 0 Å². The van der Waals surface area contributed by atoms with Gasteiger partial charge in [0.2, 0.25) is 0 Å². The van der Waals surface area contributed by atoms with Crippen molar-refractivity contribution in [1.82, 2.24) is 0 Å². The van der Waals surface area contributed by atoms with Gasteiger partial charge in [-0.2, -0.15) is 0 Å². The zero-order chi connectivity index (χ0) is 17.2. The first-order valence-corrected chi connectivity index (χ1v) is 9.08. The third kappa shape index (κ3) is 3.79. The number of rotatable bonds is 5. The number of ether oxygens (including phenoxy) is 1. The fraction of sp³-hybridized carbons (Fsp3) is 0.294. The Morgan fingerprint density at radius 1 is 1.17 bits per heavy atom. The van der Waals surface area contributed by atoms with Crippen LogP contribution in [0, 0.1) is 6.92 Å². The maximum atomic E-state index is 12.6. The van der Waals surface area contributed by atoms with E-state index < -0.39 is 10.0 Å². The molecule has 4 nitrogen and oxygen atoms in total. The van der Waals surface area contributed by atoms with Gasteiger partial charge in [0.05, 0.1) is 17.7 Å². The molecule has 23 heavy (non-hydrogen) atoms. The summed E-state index contributed by atoms with van der Waals surface area (Å²) >= 11 is 6.04. The first-order chi connectivity index (χ1) is 10.8. The van der Waals surface area contributed by atoms with E-state index in [1.165, 1.54) is 6.07 Å². The van der Waals surface area contributed by atoms with Crippen LogP contribution in [0.5, 0.6) is 5.75 Å². The van der Waals surface area contributed by atoms with Crippen molar-refractivity contribution in [1.29, 1.82) is 0 Å². The molecule has 0 amide bonds. The second-order valence-electron chi connectivity index (χ2n) is 5.58. The van der Waals surface area contributed by atoms with Crippen LogP contribution >= 0.6 is 11.6 Å². The van der Waals surface area contributed by atoms with Gasteiger partial charge in [-0.25, -0.2) is 8.42 Å². The summed E-state index contributed by atoms with van der Waals surface area (Å²) in [5.41, 5.74) is 2.01. The summed E-state index contributed by atoms with van der Waals surface area (Å²) in [6.45, 7) is 5.75. The van der Waals surface area contributed by atoms with Gasteiger partial charge in [-0.15, -0.1) is 0 Å². The molecule has 0 aliphatic rings. The highest BCUT2D eigenvalue weighted by Gasteiger charge is 2.19. The molecule has 6 heteroatoms. The molecule has 0 saturated carbocycles. The van der Waals surface area contributed by atoms with Crippen LogP contribution in [0.3, 0.4) is 0 Å². The van der Waals surface area contributed by atoms with Crippen LogP contribution in [0.2, 0.25) is 5.02 Å². The van der Waals surface area contributed by atoms with Crippen LogP contribution in [0.15, 0.2) is 41.3 Å². The molecule has 0 saturated heterocycles. The van der Waals surface area contributed by atoms with Crippen molar-refractivity contribution < 1.29 is 13.2 Å². The van der Waals surface area contributed by atoms with E-state index in [1.807, 2.05) is 13.8 Å². The van der Waals surface area contributed by atoms with Gasteiger partial charge < -0.3 is 4.74 Å². The molecule has 0 radical (unpaired) electrons. The van der Waals surface area contributed by atoms with Gasteiger partial charge in [-0.05, 0) is 54.3 Å². The molecule has 0 aliphatic heterocycles. The summed E-state index contributed by atoms with van der Waals surface area (Å²) < 4.78 is 33.2. The normalized spacial score (nSPS) is 11.6. The Kier molecular flexibility index (Phi) is 5.22. The molecule has 124 valence electrons. The number of sulfonamides is 1. The highest BCUT2D eigenvalue weighted by atomic mass is 35.5. The average molecular weight is 354 g/mol. The van der Waals surface area contributed by atoms with E-state index in [4.69, 9.17) is 16.3 Å². The van der Waals surface area contributed by atoms with Gasteiger partial charge in [0, 0.05) is 5.02 Å². The van der Waals surface area contributed by atoms with Crippen LogP contribution in [-0.4, -0.2) is 15.5 Å². The Bertz CT molecular complexity index is 817. The molecular formula is C17H20ClNO3S. The van der Waals surface area contributed by atoms with Crippen LogP contribution in [0.25, 0.3) is 0 Å². The van der Waals surface area contributed by atoms with Gasteiger partial charge in [0.1, 0.15) is 5.75 Å². The minimum absolute atomic E-state index is 0.146.